The molecule has 0 bridgehead atoms. The highest BCUT2D eigenvalue weighted by Gasteiger charge is 2.08. The van der Waals surface area contributed by atoms with Crippen LogP contribution in [0.25, 0.3) is 0 Å². The van der Waals surface area contributed by atoms with Crippen LogP contribution < -0.4 is 11.5 Å². The van der Waals surface area contributed by atoms with Crippen molar-refractivity contribution in [3.05, 3.63) is 34.3 Å². The van der Waals surface area contributed by atoms with E-state index in [2.05, 4.69) is 0 Å². The van der Waals surface area contributed by atoms with Crippen LogP contribution >= 0.6 is 11.6 Å². The zero-order valence-corrected chi connectivity index (χ0v) is 10.9. The fraction of sp³-hybridized carbons (Fsp3) is 0.364. The summed E-state index contributed by atoms with van der Waals surface area (Å²) in [6.45, 7) is 0.528. The quantitative estimate of drug-likeness (QED) is 0.812. The first-order chi connectivity index (χ1) is 8.04. The lowest BCUT2D eigenvalue weighted by Gasteiger charge is -2.05. The fourth-order valence-electron chi connectivity index (χ4n) is 1.31. The second-order valence-electron chi connectivity index (χ2n) is 3.60. The lowest BCUT2D eigenvalue weighted by atomic mass is 10.1. The third-order valence-electron chi connectivity index (χ3n) is 2.23. The summed E-state index contributed by atoms with van der Waals surface area (Å²) in [6, 6.07) is 4.77. The number of rotatable bonds is 6. The van der Waals surface area contributed by atoms with Crippen LogP contribution in [0.4, 0.5) is 0 Å². The third-order valence-corrected chi connectivity index (χ3v) is 3.96. The van der Waals surface area contributed by atoms with E-state index in [1.807, 2.05) is 0 Å². The van der Waals surface area contributed by atoms with E-state index in [1.165, 1.54) is 6.07 Å². The van der Waals surface area contributed by atoms with Crippen LogP contribution in [0.5, 0.6) is 0 Å². The number of primary amides is 1. The number of amides is 1. The van der Waals surface area contributed by atoms with Gasteiger partial charge in [-0.15, -0.1) is 0 Å². The highest BCUT2D eigenvalue weighted by atomic mass is 35.5. The van der Waals surface area contributed by atoms with Crippen molar-refractivity contribution < 1.29 is 9.00 Å². The van der Waals surface area contributed by atoms with Gasteiger partial charge >= 0.3 is 0 Å². The molecule has 94 valence electrons. The summed E-state index contributed by atoms with van der Waals surface area (Å²) in [6.07, 6.45) is 0.726. The van der Waals surface area contributed by atoms with E-state index in [1.54, 1.807) is 12.1 Å². The molecule has 0 radical (unpaired) electrons. The van der Waals surface area contributed by atoms with E-state index in [9.17, 15) is 9.00 Å². The van der Waals surface area contributed by atoms with Gasteiger partial charge in [0.2, 0.25) is 5.91 Å². The van der Waals surface area contributed by atoms with Gasteiger partial charge in [-0.05, 0) is 30.7 Å². The average molecular weight is 275 g/mol. The van der Waals surface area contributed by atoms with Gasteiger partial charge in [0.1, 0.15) is 0 Å². The van der Waals surface area contributed by atoms with Crippen molar-refractivity contribution in [3.63, 3.8) is 0 Å². The van der Waals surface area contributed by atoms with Crippen LogP contribution in [0.2, 0.25) is 5.02 Å². The van der Waals surface area contributed by atoms with Gasteiger partial charge in [0.25, 0.3) is 0 Å². The Kier molecular flexibility index (Phi) is 5.61. The van der Waals surface area contributed by atoms with Gasteiger partial charge in [-0.25, -0.2) is 0 Å². The van der Waals surface area contributed by atoms with Crippen LogP contribution in [-0.4, -0.2) is 22.4 Å². The SMILES string of the molecule is NCCCS(=O)Cc1ccc(C(N)=O)cc1Cl. The second kappa shape index (κ2) is 6.74. The van der Waals surface area contributed by atoms with Crippen molar-refractivity contribution in [3.8, 4) is 0 Å². The van der Waals surface area contributed by atoms with Crippen LogP contribution in [0.1, 0.15) is 22.3 Å². The zero-order chi connectivity index (χ0) is 12.8. The number of benzene rings is 1. The second-order valence-corrected chi connectivity index (χ2v) is 5.58. The van der Waals surface area contributed by atoms with E-state index in [0.29, 0.717) is 28.6 Å². The summed E-state index contributed by atoms with van der Waals surface area (Å²) >= 11 is 5.98. The molecule has 1 unspecified atom stereocenters. The zero-order valence-electron chi connectivity index (χ0n) is 9.32. The fourth-order valence-corrected chi connectivity index (χ4v) is 2.87. The molecule has 1 aromatic carbocycles. The highest BCUT2D eigenvalue weighted by Crippen LogP contribution is 2.19. The minimum absolute atomic E-state index is 0.353. The number of hydrogen-bond donors (Lipinski definition) is 2. The van der Waals surface area contributed by atoms with Gasteiger partial charge in [0.15, 0.2) is 0 Å². The Balaban J connectivity index is 2.72. The number of nitrogens with two attached hydrogens (primary N) is 2. The third kappa shape index (κ3) is 4.46. The van der Waals surface area contributed by atoms with Gasteiger partial charge in [-0.3, -0.25) is 9.00 Å². The predicted molar refractivity (Wildman–Crippen MR) is 70.4 cm³/mol. The Morgan fingerprint density at radius 2 is 2.12 bits per heavy atom. The van der Waals surface area contributed by atoms with E-state index in [-0.39, 0.29) is 0 Å². The topological polar surface area (TPSA) is 86.2 Å². The molecule has 0 aliphatic carbocycles. The van der Waals surface area contributed by atoms with Crippen LogP contribution in [0.15, 0.2) is 18.2 Å². The van der Waals surface area contributed by atoms with E-state index in [0.717, 1.165) is 12.0 Å². The summed E-state index contributed by atoms with van der Waals surface area (Å²) in [5, 5.41) is 0.419. The largest absolute Gasteiger partial charge is 0.366 e. The van der Waals surface area contributed by atoms with Gasteiger partial charge in [-0.2, -0.15) is 0 Å². The number of halogens is 1. The summed E-state index contributed by atoms with van der Waals surface area (Å²) in [5.41, 5.74) is 11.6. The summed E-state index contributed by atoms with van der Waals surface area (Å²) in [5.74, 6) is 0.408. The van der Waals surface area contributed by atoms with Crippen molar-refractivity contribution in [2.45, 2.75) is 12.2 Å². The molecule has 0 aliphatic rings. The van der Waals surface area contributed by atoms with Gasteiger partial charge < -0.3 is 11.5 Å². The van der Waals surface area contributed by atoms with Crippen molar-refractivity contribution in [1.82, 2.24) is 0 Å². The molecule has 0 heterocycles. The maximum atomic E-state index is 11.6. The maximum Gasteiger partial charge on any atom is 0.248 e. The van der Waals surface area contributed by atoms with Crippen molar-refractivity contribution in [1.29, 1.82) is 0 Å². The predicted octanol–water partition coefficient (Wildman–Crippen LogP) is 1.04. The highest BCUT2D eigenvalue weighted by molar-refractivity contribution is 7.84. The molecule has 0 aromatic heterocycles. The molecule has 1 amide bonds. The Hall–Kier alpha value is -0.910. The van der Waals surface area contributed by atoms with Gasteiger partial charge in [0.05, 0.1) is 0 Å². The summed E-state index contributed by atoms with van der Waals surface area (Å²) in [4.78, 5) is 10.9. The Morgan fingerprint density at radius 3 is 2.65 bits per heavy atom. The van der Waals surface area contributed by atoms with Crippen LogP contribution in [0.3, 0.4) is 0 Å². The monoisotopic (exact) mass is 274 g/mol. The molecule has 1 rings (SSSR count). The van der Waals surface area contributed by atoms with Gasteiger partial charge in [0, 0.05) is 32.9 Å². The minimum atomic E-state index is -0.979. The first-order valence-corrected chi connectivity index (χ1v) is 7.04. The molecule has 0 saturated carbocycles. The molecule has 0 spiro atoms. The molecule has 0 fully saturated rings. The molecule has 1 aromatic rings. The number of hydrogen-bond acceptors (Lipinski definition) is 3. The molecule has 17 heavy (non-hydrogen) atoms. The van der Waals surface area contributed by atoms with E-state index < -0.39 is 16.7 Å². The molecule has 0 aliphatic heterocycles. The normalized spacial score (nSPS) is 12.4. The molecule has 4 N–H and O–H groups in total. The summed E-state index contributed by atoms with van der Waals surface area (Å²) in [7, 11) is -0.979. The number of carbonyl (C=O) groups excluding carboxylic acids is 1. The first-order valence-electron chi connectivity index (χ1n) is 5.18. The Labute approximate surface area is 108 Å². The Morgan fingerprint density at radius 1 is 1.41 bits per heavy atom. The van der Waals surface area contributed by atoms with Crippen molar-refractivity contribution in [2.24, 2.45) is 11.5 Å². The lowest BCUT2D eigenvalue weighted by Crippen LogP contribution is -2.11. The molecular weight excluding hydrogens is 260 g/mol. The molecule has 6 heteroatoms. The Bertz CT molecular complexity index is 437. The molecule has 4 nitrogen and oxygen atoms in total. The smallest absolute Gasteiger partial charge is 0.248 e. The maximum absolute atomic E-state index is 11.6. The summed E-state index contributed by atoms with van der Waals surface area (Å²) < 4.78 is 11.6. The average Bonchev–Trinajstić information content (AvgIpc) is 2.28. The van der Waals surface area contributed by atoms with E-state index >= 15 is 0 Å². The molecular formula is C11H15ClN2O2S. The first kappa shape index (κ1) is 14.2. The number of carbonyl (C=O) groups is 1. The molecule has 0 saturated heterocycles. The molecule has 1 atom stereocenters. The van der Waals surface area contributed by atoms with Crippen molar-refractivity contribution in [2.75, 3.05) is 12.3 Å². The lowest BCUT2D eigenvalue weighted by molar-refractivity contribution is 0.100. The van der Waals surface area contributed by atoms with Crippen LogP contribution in [-0.2, 0) is 16.6 Å². The van der Waals surface area contributed by atoms with Crippen molar-refractivity contribution >= 4 is 28.3 Å². The van der Waals surface area contributed by atoms with E-state index in [4.69, 9.17) is 23.1 Å². The minimum Gasteiger partial charge on any atom is -0.366 e. The van der Waals surface area contributed by atoms with Gasteiger partial charge in [-0.1, -0.05) is 17.7 Å². The van der Waals surface area contributed by atoms with Crippen LogP contribution in [0, 0.1) is 0 Å². The standard InChI is InChI=1S/C11H15ClN2O2S/c12-10-6-8(11(14)15)2-3-9(10)7-17(16)5-1-4-13/h2-3,6H,1,4-5,7,13H2,(H2,14,15).